The lowest BCUT2D eigenvalue weighted by molar-refractivity contribution is 0.132. The van der Waals surface area contributed by atoms with Crippen LogP contribution in [0.25, 0.3) is 0 Å². The third-order valence-electron chi connectivity index (χ3n) is 5.95. The first-order valence-corrected chi connectivity index (χ1v) is 9.58. The predicted octanol–water partition coefficient (Wildman–Crippen LogP) is 2.86. The highest BCUT2D eigenvalue weighted by atomic mass is 15.3. The van der Waals surface area contributed by atoms with E-state index in [0.717, 1.165) is 18.1 Å². The largest absolute Gasteiger partial charge is 0.314 e. The normalized spacial score (nSPS) is 36.1. The van der Waals surface area contributed by atoms with Crippen LogP contribution in [0, 0.1) is 0 Å². The van der Waals surface area contributed by atoms with Gasteiger partial charge >= 0.3 is 0 Å². The van der Waals surface area contributed by atoms with Gasteiger partial charge < -0.3 is 5.32 Å². The SMILES string of the molecule is CCCNC1CCCC(N2CCC(N3CCCCC3)C2)C1. The van der Waals surface area contributed by atoms with Crippen LogP contribution in [0.2, 0.25) is 0 Å². The molecule has 2 aliphatic heterocycles. The average molecular weight is 293 g/mol. The topological polar surface area (TPSA) is 18.5 Å². The zero-order valence-corrected chi connectivity index (χ0v) is 14.0. The Morgan fingerprint density at radius 1 is 0.857 bits per heavy atom. The molecule has 1 aliphatic carbocycles. The lowest BCUT2D eigenvalue weighted by Gasteiger charge is -2.37. The van der Waals surface area contributed by atoms with Gasteiger partial charge in [0.1, 0.15) is 0 Å². The molecule has 1 saturated carbocycles. The quantitative estimate of drug-likeness (QED) is 0.841. The maximum atomic E-state index is 3.76. The van der Waals surface area contributed by atoms with Crippen LogP contribution >= 0.6 is 0 Å². The Labute approximate surface area is 131 Å². The molecule has 1 N–H and O–H groups in total. The average Bonchev–Trinajstić information content (AvgIpc) is 3.04. The van der Waals surface area contributed by atoms with Crippen molar-refractivity contribution in [3.63, 3.8) is 0 Å². The van der Waals surface area contributed by atoms with Gasteiger partial charge in [-0.15, -0.1) is 0 Å². The fourth-order valence-electron chi connectivity index (χ4n) is 4.71. The Kier molecular flexibility index (Phi) is 5.96. The Balaban J connectivity index is 1.46. The summed E-state index contributed by atoms with van der Waals surface area (Å²) in [5.41, 5.74) is 0. The van der Waals surface area contributed by atoms with E-state index >= 15 is 0 Å². The summed E-state index contributed by atoms with van der Waals surface area (Å²) in [7, 11) is 0. The Hall–Kier alpha value is -0.120. The van der Waals surface area contributed by atoms with Gasteiger partial charge in [0.15, 0.2) is 0 Å². The molecule has 0 bridgehead atoms. The van der Waals surface area contributed by atoms with E-state index in [1.54, 1.807) is 0 Å². The molecule has 0 aromatic rings. The predicted molar refractivity (Wildman–Crippen MR) is 89.7 cm³/mol. The zero-order chi connectivity index (χ0) is 14.5. The number of nitrogens with zero attached hydrogens (tertiary/aromatic N) is 2. The highest BCUT2D eigenvalue weighted by Crippen LogP contribution is 2.28. The molecule has 0 amide bonds. The summed E-state index contributed by atoms with van der Waals surface area (Å²) in [6, 6.07) is 2.52. The first kappa shape index (κ1) is 15.8. The molecule has 2 heterocycles. The van der Waals surface area contributed by atoms with Crippen LogP contribution in [0.15, 0.2) is 0 Å². The molecule has 3 rings (SSSR count). The van der Waals surface area contributed by atoms with Crippen LogP contribution in [0.1, 0.15) is 64.7 Å². The molecular weight excluding hydrogens is 258 g/mol. The molecule has 21 heavy (non-hydrogen) atoms. The van der Waals surface area contributed by atoms with Crippen molar-refractivity contribution < 1.29 is 0 Å². The monoisotopic (exact) mass is 293 g/mol. The van der Waals surface area contributed by atoms with Gasteiger partial charge in [-0.05, 0) is 64.6 Å². The molecule has 122 valence electrons. The van der Waals surface area contributed by atoms with Crippen molar-refractivity contribution in [1.82, 2.24) is 15.1 Å². The van der Waals surface area contributed by atoms with E-state index in [9.17, 15) is 0 Å². The first-order chi connectivity index (χ1) is 10.4. The second-order valence-electron chi connectivity index (χ2n) is 7.51. The summed E-state index contributed by atoms with van der Waals surface area (Å²) in [6.07, 6.45) is 12.7. The van der Waals surface area contributed by atoms with Crippen LogP contribution in [0.3, 0.4) is 0 Å². The highest BCUT2D eigenvalue weighted by molar-refractivity contribution is 4.91. The molecular formula is C18H35N3. The maximum Gasteiger partial charge on any atom is 0.0235 e. The Morgan fingerprint density at radius 2 is 1.71 bits per heavy atom. The fraction of sp³-hybridized carbons (Fsp3) is 1.00. The summed E-state index contributed by atoms with van der Waals surface area (Å²) in [4.78, 5) is 5.62. The molecule has 3 unspecified atom stereocenters. The van der Waals surface area contributed by atoms with E-state index in [0.29, 0.717) is 0 Å². The smallest absolute Gasteiger partial charge is 0.0235 e. The number of rotatable bonds is 5. The fourth-order valence-corrected chi connectivity index (χ4v) is 4.71. The van der Waals surface area contributed by atoms with Gasteiger partial charge in [0.05, 0.1) is 0 Å². The minimum Gasteiger partial charge on any atom is -0.314 e. The lowest BCUT2D eigenvalue weighted by Crippen LogP contribution is -2.46. The lowest BCUT2D eigenvalue weighted by atomic mass is 9.90. The van der Waals surface area contributed by atoms with E-state index in [4.69, 9.17) is 0 Å². The van der Waals surface area contributed by atoms with Crippen molar-refractivity contribution in [2.45, 2.75) is 82.8 Å². The summed E-state index contributed by atoms with van der Waals surface area (Å²) in [5.74, 6) is 0. The first-order valence-electron chi connectivity index (χ1n) is 9.58. The molecule has 3 heteroatoms. The van der Waals surface area contributed by atoms with E-state index in [1.807, 2.05) is 0 Å². The van der Waals surface area contributed by atoms with Gasteiger partial charge in [0.25, 0.3) is 0 Å². The second-order valence-corrected chi connectivity index (χ2v) is 7.51. The van der Waals surface area contributed by atoms with Crippen molar-refractivity contribution in [3.05, 3.63) is 0 Å². The molecule has 2 saturated heterocycles. The van der Waals surface area contributed by atoms with E-state index in [1.165, 1.54) is 90.5 Å². The third-order valence-corrected chi connectivity index (χ3v) is 5.95. The molecule has 0 spiro atoms. The molecule has 0 radical (unpaired) electrons. The van der Waals surface area contributed by atoms with Gasteiger partial charge in [0.2, 0.25) is 0 Å². The molecule has 3 aliphatic rings. The van der Waals surface area contributed by atoms with Crippen molar-refractivity contribution >= 4 is 0 Å². The van der Waals surface area contributed by atoms with Crippen LogP contribution < -0.4 is 5.32 Å². The van der Waals surface area contributed by atoms with E-state index in [2.05, 4.69) is 22.0 Å². The summed E-state index contributed by atoms with van der Waals surface area (Å²) < 4.78 is 0. The molecule has 0 aromatic heterocycles. The van der Waals surface area contributed by atoms with Gasteiger partial charge in [-0.3, -0.25) is 9.80 Å². The van der Waals surface area contributed by atoms with Crippen molar-refractivity contribution in [2.24, 2.45) is 0 Å². The van der Waals surface area contributed by atoms with E-state index in [-0.39, 0.29) is 0 Å². The zero-order valence-electron chi connectivity index (χ0n) is 14.0. The van der Waals surface area contributed by atoms with Crippen molar-refractivity contribution in [3.8, 4) is 0 Å². The van der Waals surface area contributed by atoms with Gasteiger partial charge in [-0.25, -0.2) is 0 Å². The second kappa shape index (κ2) is 7.94. The minimum absolute atomic E-state index is 0.790. The van der Waals surface area contributed by atoms with Crippen molar-refractivity contribution in [1.29, 1.82) is 0 Å². The summed E-state index contributed by atoms with van der Waals surface area (Å²) >= 11 is 0. The van der Waals surface area contributed by atoms with E-state index < -0.39 is 0 Å². The molecule has 3 nitrogen and oxygen atoms in total. The number of hydrogen-bond donors (Lipinski definition) is 1. The maximum absolute atomic E-state index is 3.76. The Bertz CT molecular complexity index is 301. The molecule has 3 fully saturated rings. The summed E-state index contributed by atoms with van der Waals surface area (Å²) in [6.45, 7) is 8.91. The number of likely N-dealkylation sites (tertiary alicyclic amines) is 2. The van der Waals surface area contributed by atoms with Gasteiger partial charge in [-0.2, -0.15) is 0 Å². The highest BCUT2D eigenvalue weighted by Gasteiger charge is 2.34. The number of hydrogen-bond acceptors (Lipinski definition) is 3. The standard InChI is InChI=1S/C18H35N3/c1-2-10-19-16-7-6-8-17(14-16)21-13-9-18(15-21)20-11-4-3-5-12-20/h16-19H,2-15H2,1H3. The number of nitrogens with one attached hydrogen (secondary N) is 1. The van der Waals surface area contributed by atoms with Crippen LogP contribution in [0.5, 0.6) is 0 Å². The van der Waals surface area contributed by atoms with Crippen LogP contribution in [-0.2, 0) is 0 Å². The van der Waals surface area contributed by atoms with Crippen molar-refractivity contribution in [2.75, 3.05) is 32.7 Å². The Morgan fingerprint density at radius 3 is 2.52 bits per heavy atom. The number of piperidine rings is 1. The van der Waals surface area contributed by atoms with Gasteiger partial charge in [0, 0.05) is 31.2 Å². The van der Waals surface area contributed by atoms with Crippen LogP contribution in [-0.4, -0.2) is 60.6 Å². The minimum atomic E-state index is 0.790. The van der Waals surface area contributed by atoms with Crippen LogP contribution in [0.4, 0.5) is 0 Å². The molecule has 3 atom stereocenters. The summed E-state index contributed by atoms with van der Waals surface area (Å²) in [5, 5.41) is 3.76. The molecule has 0 aromatic carbocycles. The third kappa shape index (κ3) is 4.20. The van der Waals surface area contributed by atoms with Gasteiger partial charge in [-0.1, -0.05) is 19.8 Å².